The van der Waals surface area contributed by atoms with Crippen LogP contribution in [-0.2, 0) is 4.79 Å². The number of nitrogens with one attached hydrogen (secondary N) is 1. The fraction of sp³-hybridized carbons (Fsp3) is 0.312. The molecule has 0 saturated carbocycles. The highest BCUT2D eigenvalue weighted by Crippen LogP contribution is 2.25. The van der Waals surface area contributed by atoms with Crippen molar-refractivity contribution in [2.75, 3.05) is 6.54 Å². The van der Waals surface area contributed by atoms with E-state index in [0.717, 1.165) is 0 Å². The molecule has 1 amide bonds. The minimum absolute atomic E-state index is 0.0533. The van der Waals surface area contributed by atoms with Gasteiger partial charge in [-0.3, -0.25) is 14.4 Å². The maximum absolute atomic E-state index is 12.5. The van der Waals surface area contributed by atoms with E-state index >= 15 is 0 Å². The second-order valence-corrected chi connectivity index (χ2v) is 5.37. The Morgan fingerprint density at radius 3 is 2.32 bits per heavy atom. The Morgan fingerprint density at radius 1 is 1.23 bits per heavy atom. The summed E-state index contributed by atoms with van der Waals surface area (Å²) < 4.78 is 0. The highest BCUT2D eigenvalue weighted by molar-refractivity contribution is 6.26. The summed E-state index contributed by atoms with van der Waals surface area (Å²) in [5.41, 5.74) is 4.91. The van der Waals surface area contributed by atoms with Gasteiger partial charge in [-0.05, 0) is 13.8 Å². The number of hydrogen-bond donors (Lipinski definition) is 3. The lowest BCUT2D eigenvalue weighted by atomic mass is 9.84. The van der Waals surface area contributed by atoms with E-state index in [9.17, 15) is 19.5 Å². The number of rotatable bonds is 4. The summed E-state index contributed by atoms with van der Waals surface area (Å²) >= 11 is 0. The SMILES string of the molecule is CC1=C(CNC(=O)C([NH3+])C(C)O)C(=O)c2ccccc2C1=O. The van der Waals surface area contributed by atoms with Crippen LogP contribution in [0.2, 0.25) is 0 Å². The number of carbonyl (C=O) groups is 3. The van der Waals surface area contributed by atoms with E-state index < -0.39 is 18.1 Å². The molecule has 0 aromatic heterocycles. The van der Waals surface area contributed by atoms with Gasteiger partial charge in [0, 0.05) is 28.8 Å². The van der Waals surface area contributed by atoms with Gasteiger partial charge < -0.3 is 16.2 Å². The molecule has 2 unspecified atom stereocenters. The number of ketones is 2. The van der Waals surface area contributed by atoms with E-state index in [1.165, 1.54) is 6.92 Å². The third kappa shape index (κ3) is 2.84. The topological polar surface area (TPSA) is 111 Å². The molecule has 1 aliphatic carbocycles. The fourth-order valence-electron chi connectivity index (χ4n) is 2.29. The molecule has 2 rings (SSSR count). The number of aliphatic hydroxyl groups excluding tert-OH is 1. The summed E-state index contributed by atoms with van der Waals surface area (Å²) in [4.78, 5) is 36.6. The zero-order chi connectivity index (χ0) is 16.4. The largest absolute Gasteiger partial charge is 0.387 e. The van der Waals surface area contributed by atoms with Crippen LogP contribution in [0, 0.1) is 0 Å². The third-order valence-corrected chi connectivity index (χ3v) is 3.84. The molecule has 0 radical (unpaired) electrons. The van der Waals surface area contributed by atoms with Crippen LogP contribution < -0.4 is 11.1 Å². The van der Waals surface area contributed by atoms with Crippen molar-refractivity contribution in [3.05, 3.63) is 46.5 Å². The van der Waals surface area contributed by atoms with Crippen molar-refractivity contribution in [2.24, 2.45) is 0 Å². The van der Waals surface area contributed by atoms with Gasteiger partial charge in [0.05, 0.1) is 0 Å². The lowest BCUT2D eigenvalue weighted by molar-refractivity contribution is -0.419. The maximum Gasteiger partial charge on any atom is 0.281 e. The van der Waals surface area contributed by atoms with Crippen LogP contribution in [0.1, 0.15) is 34.6 Å². The van der Waals surface area contributed by atoms with Gasteiger partial charge in [-0.25, -0.2) is 0 Å². The first-order chi connectivity index (χ1) is 10.3. The smallest absolute Gasteiger partial charge is 0.281 e. The van der Waals surface area contributed by atoms with Crippen molar-refractivity contribution in [1.29, 1.82) is 0 Å². The third-order valence-electron chi connectivity index (χ3n) is 3.84. The van der Waals surface area contributed by atoms with E-state index in [4.69, 9.17) is 0 Å². The monoisotopic (exact) mass is 303 g/mol. The summed E-state index contributed by atoms with van der Waals surface area (Å²) in [5, 5.41) is 11.9. The number of amides is 1. The molecule has 6 nitrogen and oxygen atoms in total. The van der Waals surface area contributed by atoms with Crippen LogP contribution in [0.25, 0.3) is 0 Å². The van der Waals surface area contributed by atoms with Gasteiger partial charge in [-0.2, -0.15) is 0 Å². The lowest BCUT2D eigenvalue weighted by Crippen LogP contribution is -2.71. The van der Waals surface area contributed by atoms with E-state index in [0.29, 0.717) is 16.7 Å². The number of hydrogen-bond acceptors (Lipinski definition) is 4. The van der Waals surface area contributed by atoms with E-state index in [1.807, 2.05) is 0 Å². The zero-order valence-electron chi connectivity index (χ0n) is 12.6. The number of aliphatic hydroxyl groups is 1. The summed E-state index contributed by atoms with van der Waals surface area (Å²) in [6.45, 7) is 2.99. The van der Waals surface area contributed by atoms with E-state index in [2.05, 4.69) is 11.1 Å². The van der Waals surface area contributed by atoms with Crippen LogP contribution in [0.4, 0.5) is 0 Å². The number of Topliss-reactive ketones (excluding diaryl/α,β-unsaturated/α-hetero) is 2. The number of carbonyl (C=O) groups excluding carboxylic acids is 3. The lowest BCUT2D eigenvalue weighted by Gasteiger charge is -2.20. The molecule has 1 aliphatic rings. The molecular formula is C16H19N2O4+. The van der Waals surface area contributed by atoms with Crippen molar-refractivity contribution < 1.29 is 25.2 Å². The van der Waals surface area contributed by atoms with Crippen LogP contribution >= 0.6 is 0 Å². The van der Waals surface area contributed by atoms with Crippen molar-refractivity contribution in [3.8, 4) is 0 Å². The van der Waals surface area contributed by atoms with Gasteiger partial charge in [0.25, 0.3) is 5.91 Å². The molecule has 6 heteroatoms. The molecule has 0 aliphatic heterocycles. The molecular weight excluding hydrogens is 284 g/mol. The van der Waals surface area contributed by atoms with Crippen molar-refractivity contribution in [1.82, 2.24) is 5.32 Å². The molecule has 1 aromatic carbocycles. The average Bonchev–Trinajstić information content (AvgIpc) is 2.51. The molecule has 116 valence electrons. The Bertz CT molecular complexity index is 676. The predicted octanol–water partition coefficient (Wildman–Crippen LogP) is -0.510. The Labute approximate surface area is 128 Å². The quantitative estimate of drug-likeness (QED) is 0.695. The van der Waals surface area contributed by atoms with Crippen molar-refractivity contribution in [2.45, 2.75) is 26.0 Å². The predicted molar refractivity (Wildman–Crippen MR) is 79.2 cm³/mol. The van der Waals surface area contributed by atoms with Crippen molar-refractivity contribution in [3.63, 3.8) is 0 Å². The second kappa shape index (κ2) is 6.21. The minimum atomic E-state index is -0.889. The molecule has 5 N–H and O–H groups in total. The number of benzene rings is 1. The molecule has 22 heavy (non-hydrogen) atoms. The Morgan fingerprint density at radius 2 is 1.77 bits per heavy atom. The van der Waals surface area contributed by atoms with Crippen LogP contribution in [-0.4, -0.2) is 41.3 Å². The van der Waals surface area contributed by atoms with Crippen molar-refractivity contribution >= 4 is 17.5 Å². The van der Waals surface area contributed by atoms with Crippen LogP contribution in [0.3, 0.4) is 0 Å². The first-order valence-electron chi connectivity index (χ1n) is 7.01. The van der Waals surface area contributed by atoms with Gasteiger partial charge >= 0.3 is 0 Å². The number of allylic oxidation sites excluding steroid dienone is 1. The summed E-state index contributed by atoms with van der Waals surface area (Å²) in [6, 6.07) is 5.79. The van der Waals surface area contributed by atoms with Gasteiger partial charge in [0.1, 0.15) is 6.10 Å². The fourth-order valence-corrected chi connectivity index (χ4v) is 2.29. The van der Waals surface area contributed by atoms with Crippen LogP contribution in [0.15, 0.2) is 35.4 Å². The highest BCUT2D eigenvalue weighted by atomic mass is 16.3. The normalized spacial score (nSPS) is 17.1. The molecule has 0 bridgehead atoms. The Balaban J connectivity index is 2.22. The van der Waals surface area contributed by atoms with E-state index in [1.54, 1.807) is 31.2 Å². The summed E-state index contributed by atoms with van der Waals surface area (Å²) in [6.07, 6.45) is -0.889. The standard InChI is InChI=1S/C16H18N2O4/c1-8-12(7-18-16(22)13(17)9(2)19)15(21)11-6-4-3-5-10(11)14(8)20/h3-6,9,13,19H,7,17H2,1-2H3,(H,18,22)/p+1. The van der Waals surface area contributed by atoms with Gasteiger partial charge in [0.2, 0.25) is 0 Å². The molecule has 2 atom stereocenters. The summed E-state index contributed by atoms with van der Waals surface area (Å²) in [7, 11) is 0. The highest BCUT2D eigenvalue weighted by Gasteiger charge is 2.30. The van der Waals surface area contributed by atoms with E-state index in [-0.39, 0.29) is 23.7 Å². The molecule has 0 saturated heterocycles. The van der Waals surface area contributed by atoms with Gasteiger partial charge in [-0.1, -0.05) is 24.3 Å². The summed E-state index contributed by atoms with van der Waals surface area (Å²) in [5.74, 6) is -0.929. The minimum Gasteiger partial charge on any atom is -0.387 e. The average molecular weight is 303 g/mol. The van der Waals surface area contributed by atoms with Crippen LogP contribution in [0.5, 0.6) is 0 Å². The number of fused-ring (bicyclic) bond motifs is 1. The Hall–Kier alpha value is -2.31. The molecule has 1 aromatic rings. The van der Waals surface area contributed by atoms with Gasteiger partial charge in [0.15, 0.2) is 17.6 Å². The maximum atomic E-state index is 12.5. The van der Waals surface area contributed by atoms with Gasteiger partial charge in [-0.15, -0.1) is 0 Å². The zero-order valence-corrected chi connectivity index (χ0v) is 12.6. The number of quaternary nitrogens is 1. The first kappa shape index (κ1) is 16.1. The Kier molecular flexibility index (Phi) is 4.54. The first-order valence-corrected chi connectivity index (χ1v) is 7.01. The second-order valence-electron chi connectivity index (χ2n) is 5.37. The molecule has 0 fully saturated rings. The molecule has 0 spiro atoms. The molecule has 0 heterocycles.